The van der Waals surface area contributed by atoms with Crippen molar-refractivity contribution in [2.45, 2.75) is 19.9 Å². The number of aromatic nitrogens is 2. The van der Waals surface area contributed by atoms with Crippen LogP contribution in [0.5, 0.6) is 0 Å². The van der Waals surface area contributed by atoms with E-state index in [0.29, 0.717) is 19.1 Å². The Morgan fingerprint density at radius 3 is 2.84 bits per heavy atom. The summed E-state index contributed by atoms with van der Waals surface area (Å²) in [6.45, 7) is 4.13. The molecular formula is C13H22BrN3O2. The van der Waals surface area contributed by atoms with Crippen LogP contribution in [0.15, 0.2) is 17.1 Å². The first kappa shape index (κ1) is 16.2. The zero-order chi connectivity index (χ0) is 14.3. The third-order valence-corrected chi connectivity index (χ3v) is 4.07. The molecule has 0 N–H and O–H groups in total. The van der Waals surface area contributed by atoms with E-state index < -0.39 is 0 Å². The highest BCUT2D eigenvalue weighted by Gasteiger charge is 2.09. The van der Waals surface area contributed by atoms with Crippen molar-refractivity contribution in [1.29, 1.82) is 0 Å². The lowest BCUT2D eigenvalue weighted by molar-refractivity contribution is 0.206. The fraction of sp³-hybridized carbons (Fsp3) is 0.692. The lowest BCUT2D eigenvalue weighted by atomic mass is 10.1. The van der Waals surface area contributed by atoms with Crippen LogP contribution in [-0.4, -0.2) is 42.4 Å². The summed E-state index contributed by atoms with van der Waals surface area (Å²) in [6.07, 6.45) is 2.76. The molecule has 6 heteroatoms. The zero-order valence-electron chi connectivity index (χ0n) is 11.8. The van der Waals surface area contributed by atoms with E-state index in [1.165, 1.54) is 4.68 Å². The van der Waals surface area contributed by atoms with E-state index in [1.807, 2.05) is 11.9 Å². The van der Waals surface area contributed by atoms with E-state index >= 15 is 0 Å². The Morgan fingerprint density at radius 1 is 1.58 bits per heavy atom. The zero-order valence-corrected chi connectivity index (χ0v) is 13.4. The Balaban J connectivity index is 2.76. The molecule has 0 fully saturated rings. The molecule has 0 saturated carbocycles. The number of halogens is 1. The van der Waals surface area contributed by atoms with Crippen LogP contribution in [0.3, 0.4) is 0 Å². The molecule has 0 radical (unpaired) electrons. The second-order valence-electron chi connectivity index (χ2n) is 4.58. The maximum atomic E-state index is 12.0. The second kappa shape index (κ2) is 8.32. The molecule has 1 aromatic rings. The Labute approximate surface area is 122 Å². The number of ether oxygens (including phenoxy) is 1. The van der Waals surface area contributed by atoms with Gasteiger partial charge in [0.25, 0.3) is 5.56 Å². The van der Waals surface area contributed by atoms with Crippen molar-refractivity contribution in [3.05, 3.63) is 22.6 Å². The minimum atomic E-state index is -0.0545. The van der Waals surface area contributed by atoms with Crippen LogP contribution in [0.4, 0.5) is 5.69 Å². The highest BCUT2D eigenvalue weighted by Crippen LogP contribution is 2.10. The van der Waals surface area contributed by atoms with Gasteiger partial charge in [-0.1, -0.05) is 29.3 Å². The minimum absolute atomic E-state index is 0.0545. The summed E-state index contributed by atoms with van der Waals surface area (Å²) < 4.78 is 6.55. The number of nitrogens with zero attached hydrogens (tertiary/aromatic N) is 3. The molecular weight excluding hydrogens is 310 g/mol. The van der Waals surface area contributed by atoms with Gasteiger partial charge in [0, 0.05) is 38.6 Å². The maximum absolute atomic E-state index is 12.0. The molecule has 0 aromatic carbocycles. The first-order valence-electron chi connectivity index (χ1n) is 6.45. The van der Waals surface area contributed by atoms with Gasteiger partial charge in [0.15, 0.2) is 0 Å². The standard InChI is InChI=1S/C13H22BrN3O2/c1-4-11(8-14)10-17-13(18)7-12(9-15-17)16(2)5-6-19-3/h7,9,11H,4-6,8,10H2,1-3H3. The summed E-state index contributed by atoms with van der Waals surface area (Å²) in [5, 5.41) is 5.13. The summed E-state index contributed by atoms with van der Waals surface area (Å²) in [7, 11) is 3.59. The van der Waals surface area contributed by atoms with Crippen molar-refractivity contribution in [2.75, 3.05) is 37.5 Å². The third-order valence-electron chi connectivity index (χ3n) is 3.15. The summed E-state index contributed by atoms with van der Waals surface area (Å²) in [4.78, 5) is 14.0. The van der Waals surface area contributed by atoms with Crippen LogP contribution in [0, 0.1) is 5.92 Å². The second-order valence-corrected chi connectivity index (χ2v) is 5.22. The van der Waals surface area contributed by atoms with E-state index in [1.54, 1.807) is 19.4 Å². The number of rotatable bonds is 8. The van der Waals surface area contributed by atoms with Crippen LogP contribution in [-0.2, 0) is 11.3 Å². The molecule has 0 aliphatic carbocycles. The molecule has 0 aliphatic heterocycles. The van der Waals surface area contributed by atoms with Gasteiger partial charge in [-0.15, -0.1) is 0 Å². The molecule has 5 nitrogen and oxygen atoms in total. The van der Waals surface area contributed by atoms with E-state index in [9.17, 15) is 4.79 Å². The largest absolute Gasteiger partial charge is 0.383 e. The molecule has 1 atom stereocenters. The lowest BCUT2D eigenvalue weighted by Gasteiger charge is -2.19. The first-order valence-corrected chi connectivity index (χ1v) is 7.57. The summed E-state index contributed by atoms with van der Waals surface area (Å²) in [5.74, 6) is 0.433. The Hall–Kier alpha value is -0.880. The quantitative estimate of drug-likeness (QED) is 0.681. The highest BCUT2D eigenvalue weighted by molar-refractivity contribution is 9.09. The maximum Gasteiger partial charge on any atom is 0.268 e. The normalized spacial score (nSPS) is 12.4. The molecule has 0 spiro atoms. The topological polar surface area (TPSA) is 47.4 Å². The van der Waals surface area contributed by atoms with E-state index in [4.69, 9.17) is 4.74 Å². The summed E-state index contributed by atoms with van der Waals surface area (Å²) in [6, 6.07) is 1.63. The molecule has 1 aromatic heterocycles. The molecule has 1 heterocycles. The van der Waals surface area contributed by atoms with Crippen LogP contribution in [0.2, 0.25) is 0 Å². The van der Waals surface area contributed by atoms with Crippen LogP contribution < -0.4 is 10.5 Å². The number of likely N-dealkylation sites (N-methyl/N-ethyl adjacent to an activating group) is 1. The van der Waals surface area contributed by atoms with Gasteiger partial charge >= 0.3 is 0 Å². The number of hydrogen-bond acceptors (Lipinski definition) is 4. The van der Waals surface area contributed by atoms with Crippen molar-refractivity contribution in [3.63, 3.8) is 0 Å². The fourth-order valence-corrected chi connectivity index (χ4v) is 2.32. The Bertz CT molecular complexity index is 432. The number of alkyl halides is 1. The summed E-state index contributed by atoms with van der Waals surface area (Å²) in [5.41, 5.74) is 0.770. The van der Waals surface area contributed by atoms with Gasteiger partial charge in [0.1, 0.15) is 0 Å². The number of hydrogen-bond donors (Lipinski definition) is 0. The molecule has 108 valence electrons. The average molecular weight is 332 g/mol. The Kier molecular flexibility index (Phi) is 7.09. The van der Waals surface area contributed by atoms with Crippen molar-refractivity contribution >= 4 is 21.6 Å². The van der Waals surface area contributed by atoms with Crippen molar-refractivity contribution in [3.8, 4) is 0 Å². The number of methoxy groups -OCH3 is 1. The third kappa shape index (κ3) is 4.95. The molecule has 19 heavy (non-hydrogen) atoms. The van der Waals surface area contributed by atoms with Gasteiger partial charge in [-0.05, 0) is 5.92 Å². The van der Waals surface area contributed by atoms with Gasteiger partial charge in [-0.2, -0.15) is 5.10 Å². The van der Waals surface area contributed by atoms with Crippen LogP contribution in [0.25, 0.3) is 0 Å². The Morgan fingerprint density at radius 2 is 2.32 bits per heavy atom. The SMILES string of the molecule is CCC(CBr)Cn1ncc(N(C)CCOC)cc1=O. The summed E-state index contributed by atoms with van der Waals surface area (Å²) >= 11 is 3.46. The van der Waals surface area contributed by atoms with Crippen LogP contribution >= 0.6 is 15.9 Å². The molecule has 1 rings (SSSR count). The molecule has 0 aliphatic rings. The highest BCUT2D eigenvalue weighted by atomic mass is 79.9. The van der Waals surface area contributed by atoms with Gasteiger partial charge in [0.05, 0.1) is 18.5 Å². The van der Waals surface area contributed by atoms with E-state index in [2.05, 4.69) is 28.0 Å². The molecule has 0 amide bonds. The van der Waals surface area contributed by atoms with E-state index in [-0.39, 0.29) is 5.56 Å². The van der Waals surface area contributed by atoms with Crippen molar-refractivity contribution in [2.24, 2.45) is 5.92 Å². The average Bonchev–Trinajstić information content (AvgIpc) is 2.43. The predicted molar refractivity (Wildman–Crippen MR) is 81.2 cm³/mol. The predicted octanol–water partition coefficient (Wildman–Crippen LogP) is 1.75. The fourth-order valence-electron chi connectivity index (χ4n) is 1.66. The van der Waals surface area contributed by atoms with Gasteiger partial charge in [-0.25, -0.2) is 4.68 Å². The molecule has 1 unspecified atom stereocenters. The lowest BCUT2D eigenvalue weighted by Crippen LogP contribution is -2.29. The van der Waals surface area contributed by atoms with Crippen molar-refractivity contribution in [1.82, 2.24) is 9.78 Å². The first-order chi connectivity index (χ1) is 9.12. The van der Waals surface area contributed by atoms with E-state index in [0.717, 1.165) is 24.0 Å². The van der Waals surface area contributed by atoms with Crippen LogP contribution in [0.1, 0.15) is 13.3 Å². The van der Waals surface area contributed by atoms with Gasteiger partial charge < -0.3 is 9.64 Å². The smallest absolute Gasteiger partial charge is 0.268 e. The van der Waals surface area contributed by atoms with Gasteiger partial charge in [-0.3, -0.25) is 4.79 Å². The van der Waals surface area contributed by atoms with Crippen molar-refractivity contribution < 1.29 is 4.74 Å². The molecule has 0 saturated heterocycles. The van der Waals surface area contributed by atoms with Gasteiger partial charge in [0.2, 0.25) is 0 Å². The minimum Gasteiger partial charge on any atom is -0.383 e. The molecule has 0 bridgehead atoms. The monoisotopic (exact) mass is 331 g/mol. The number of anilines is 1.